The summed E-state index contributed by atoms with van der Waals surface area (Å²) in [5.74, 6) is -3.54. The summed E-state index contributed by atoms with van der Waals surface area (Å²) in [5, 5.41) is 32.5. The third-order valence-corrected chi connectivity index (χ3v) is 0.805. The first-order valence-corrected chi connectivity index (χ1v) is 2.28. The van der Waals surface area contributed by atoms with Crippen molar-refractivity contribution in [3.63, 3.8) is 0 Å². The summed E-state index contributed by atoms with van der Waals surface area (Å²) in [7, 11) is 0. The van der Waals surface area contributed by atoms with Crippen LogP contribution in [0.25, 0.3) is 0 Å². The second kappa shape index (κ2) is 5.73. The summed E-state index contributed by atoms with van der Waals surface area (Å²) in [6, 6.07) is 0. The summed E-state index contributed by atoms with van der Waals surface area (Å²) in [5.41, 5.74) is 0. The number of aliphatic hydroxyl groups is 2. The molecule has 0 aromatic heterocycles. The normalized spacial score (nSPS) is 14.4. The molecule has 0 spiro atoms. The largest absolute Gasteiger partial charge is 2.00 e. The second-order valence-electron chi connectivity index (χ2n) is 1.57. The maximum Gasteiger partial charge on any atom is 2.00 e. The van der Waals surface area contributed by atoms with Crippen LogP contribution in [0.5, 0.6) is 0 Å². The summed E-state index contributed by atoms with van der Waals surface area (Å²) in [6.07, 6.45) is -4.53. The molecular formula is C4H7CaO6+3. The number of carboxylic acids is 2. The molecule has 2 atom stereocenters. The van der Waals surface area contributed by atoms with Gasteiger partial charge in [-0.25, -0.2) is 9.59 Å². The average molecular weight is 191 g/mol. The quantitative estimate of drug-likeness (QED) is 0.370. The van der Waals surface area contributed by atoms with Gasteiger partial charge in [0.2, 0.25) is 0 Å². The van der Waals surface area contributed by atoms with Gasteiger partial charge in [-0.3, -0.25) is 0 Å². The second-order valence-corrected chi connectivity index (χ2v) is 1.57. The Kier molecular flexibility index (Phi) is 7.13. The minimum absolute atomic E-state index is 0. The smallest absolute Gasteiger partial charge is 0.479 e. The molecule has 2 unspecified atom stereocenters. The number of carboxylic acid groups (broad SMARTS) is 2. The van der Waals surface area contributed by atoms with Gasteiger partial charge >= 0.3 is 51.1 Å². The van der Waals surface area contributed by atoms with Crippen LogP contribution in [-0.4, -0.2) is 82.3 Å². The fourth-order valence-electron chi connectivity index (χ4n) is 0.270. The van der Waals surface area contributed by atoms with Crippen molar-refractivity contribution in [1.29, 1.82) is 0 Å². The van der Waals surface area contributed by atoms with Crippen LogP contribution in [0.4, 0.5) is 0 Å². The zero-order valence-electron chi connectivity index (χ0n) is 6.47. The van der Waals surface area contributed by atoms with Crippen LogP contribution < -0.4 is 0 Å². The van der Waals surface area contributed by atoms with Crippen molar-refractivity contribution in [3.8, 4) is 0 Å². The predicted octanol–water partition coefficient (Wildman–Crippen LogP) is -2.39. The molecule has 0 radical (unpaired) electrons. The zero-order valence-corrected chi connectivity index (χ0v) is 7.68. The van der Waals surface area contributed by atoms with Crippen molar-refractivity contribution in [3.05, 3.63) is 0 Å². The van der Waals surface area contributed by atoms with E-state index >= 15 is 0 Å². The SMILES string of the molecule is O=C(O)C(O)C(O)C(=O)O.[Ca+2].[H+]. The van der Waals surface area contributed by atoms with E-state index in [-0.39, 0.29) is 39.2 Å². The Morgan fingerprint density at radius 2 is 1.18 bits per heavy atom. The van der Waals surface area contributed by atoms with Gasteiger partial charge in [-0.05, 0) is 0 Å². The van der Waals surface area contributed by atoms with E-state index in [9.17, 15) is 9.59 Å². The van der Waals surface area contributed by atoms with Gasteiger partial charge in [-0.1, -0.05) is 0 Å². The van der Waals surface area contributed by atoms with E-state index in [1.54, 1.807) is 0 Å². The Bertz CT molecular complexity index is 144. The monoisotopic (exact) mass is 191 g/mol. The van der Waals surface area contributed by atoms with Gasteiger partial charge in [0.15, 0.2) is 12.2 Å². The molecule has 0 amide bonds. The molecule has 0 saturated carbocycles. The molecule has 6 nitrogen and oxygen atoms in total. The number of carbonyl (C=O) groups is 2. The van der Waals surface area contributed by atoms with Crippen molar-refractivity contribution in [2.24, 2.45) is 0 Å². The van der Waals surface area contributed by atoms with Crippen LogP contribution in [0.1, 0.15) is 1.43 Å². The van der Waals surface area contributed by atoms with Crippen LogP contribution in [-0.2, 0) is 9.59 Å². The van der Waals surface area contributed by atoms with Gasteiger partial charge in [0.25, 0.3) is 0 Å². The van der Waals surface area contributed by atoms with Gasteiger partial charge < -0.3 is 20.4 Å². The molecule has 0 bridgehead atoms. The molecule has 0 aliphatic rings. The molecule has 0 aliphatic carbocycles. The number of hydrogen-bond donors (Lipinski definition) is 4. The summed E-state index contributed by atoms with van der Waals surface area (Å²) >= 11 is 0. The maximum atomic E-state index is 9.77. The van der Waals surface area contributed by atoms with Crippen LogP contribution in [0, 0.1) is 0 Å². The number of aliphatic carboxylic acids is 2. The van der Waals surface area contributed by atoms with Crippen molar-refractivity contribution in [2.45, 2.75) is 12.2 Å². The minimum Gasteiger partial charge on any atom is -0.479 e. The predicted molar refractivity (Wildman–Crippen MR) is 34.2 cm³/mol. The van der Waals surface area contributed by atoms with E-state index in [1.807, 2.05) is 0 Å². The molecule has 0 rings (SSSR count). The van der Waals surface area contributed by atoms with E-state index < -0.39 is 24.1 Å². The minimum atomic E-state index is -2.27. The Morgan fingerprint density at radius 1 is 1.00 bits per heavy atom. The van der Waals surface area contributed by atoms with Crippen LogP contribution in [0.3, 0.4) is 0 Å². The molecule has 0 aromatic rings. The molecule has 58 valence electrons. The van der Waals surface area contributed by atoms with Gasteiger partial charge in [-0.2, -0.15) is 0 Å². The Balaban J connectivity index is -0.000000405. The van der Waals surface area contributed by atoms with Crippen molar-refractivity contribution >= 4 is 49.7 Å². The molecule has 0 heterocycles. The topological polar surface area (TPSA) is 115 Å². The number of hydrogen-bond acceptors (Lipinski definition) is 4. The summed E-state index contributed by atoms with van der Waals surface area (Å²) in [4.78, 5) is 19.5. The van der Waals surface area contributed by atoms with Gasteiger partial charge in [0, 0.05) is 0 Å². The Morgan fingerprint density at radius 3 is 1.27 bits per heavy atom. The van der Waals surface area contributed by atoms with Crippen molar-refractivity contribution in [1.82, 2.24) is 0 Å². The molecule has 0 aliphatic heterocycles. The van der Waals surface area contributed by atoms with Gasteiger partial charge in [0.05, 0.1) is 0 Å². The molecule has 0 saturated heterocycles. The number of aliphatic hydroxyl groups excluding tert-OH is 2. The van der Waals surface area contributed by atoms with Gasteiger partial charge in [0.1, 0.15) is 0 Å². The summed E-state index contributed by atoms with van der Waals surface area (Å²) < 4.78 is 0. The fraction of sp³-hybridized carbons (Fsp3) is 0.500. The van der Waals surface area contributed by atoms with Crippen molar-refractivity contribution in [2.75, 3.05) is 0 Å². The van der Waals surface area contributed by atoms with Crippen LogP contribution in [0.2, 0.25) is 0 Å². The average Bonchev–Trinajstić information content (AvgIpc) is 1.84. The van der Waals surface area contributed by atoms with E-state index in [0.29, 0.717) is 0 Å². The maximum absolute atomic E-state index is 9.77. The fourth-order valence-corrected chi connectivity index (χ4v) is 0.270. The van der Waals surface area contributed by atoms with E-state index in [1.165, 1.54) is 0 Å². The van der Waals surface area contributed by atoms with E-state index in [4.69, 9.17) is 20.4 Å². The molecule has 4 N–H and O–H groups in total. The Labute approximate surface area is 92.9 Å². The molecular weight excluding hydrogens is 184 g/mol. The van der Waals surface area contributed by atoms with Crippen LogP contribution >= 0.6 is 0 Å². The first-order chi connectivity index (χ1) is 4.46. The third-order valence-electron chi connectivity index (χ3n) is 0.805. The molecule has 11 heavy (non-hydrogen) atoms. The molecule has 0 aromatic carbocycles. The van der Waals surface area contributed by atoms with Crippen molar-refractivity contribution < 1.29 is 31.4 Å². The third kappa shape index (κ3) is 4.54. The number of rotatable bonds is 3. The molecule has 7 heteroatoms. The standard InChI is InChI=1S/C4H6O6.Ca/c5-1(3(7)8)2(6)4(9)10;/h1-2,5-6H,(H,7,8)(H,9,10);/q;+2/p+1. The first-order valence-electron chi connectivity index (χ1n) is 2.28. The van der Waals surface area contributed by atoms with E-state index in [2.05, 4.69) is 0 Å². The van der Waals surface area contributed by atoms with E-state index in [0.717, 1.165) is 0 Å². The zero-order chi connectivity index (χ0) is 8.31. The summed E-state index contributed by atoms with van der Waals surface area (Å²) in [6.45, 7) is 0. The van der Waals surface area contributed by atoms with Gasteiger partial charge in [-0.15, -0.1) is 0 Å². The first kappa shape index (κ1) is 13.7. The Hall–Kier alpha value is 0.120. The molecule has 0 fully saturated rings. The van der Waals surface area contributed by atoms with Crippen LogP contribution in [0.15, 0.2) is 0 Å².